The van der Waals surface area contributed by atoms with E-state index in [4.69, 9.17) is 14.7 Å². The van der Waals surface area contributed by atoms with Crippen LogP contribution in [-0.2, 0) is 4.74 Å². The largest absolute Gasteiger partial charge is 0.453 e. The van der Waals surface area contributed by atoms with E-state index in [9.17, 15) is 0 Å². The van der Waals surface area contributed by atoms with Crippen molar-refractivity contribution in [2.24, 2.45) is 0 Å². The molecule has 0 aromatic heterocycles. The molecule has 0 spiro atoms. The number of nitrogens with zero attached hydrogens (tertiary/aromatic N) is 1. The molecule has 0 radical (unpaired) electrons. The lowest BCUT2D eigenvalue weighted by atomic mass is 10.3. The van der Waals surface area contributed by atoms with Gasteiger partial charge in [-0.15, -0.1) is 0 Å². The second-order valence-electron chi connectivity index (χ2n) is 4.01. The maximum absolute atomic E-state index is 8.89. The molecular weight excluding hydrogens is 214 g/mol. The van der Waals surface area contributed by atoms with Crippen LogP contribution in [0.4, 0.5) is 0 Å². The highest BCUT2D eigenvalue weighted by molar-refractivity contribution is 5.22. The Balaban J connectivity index is 2.69. The summed E-state index contributed by atoms with van der Waals surface area (Å²) in [4.78, 5) is 0. The van der Waals surface area contributed by atoms with Crippen molar-refractivity contribution in [3.05, 3.63) is 42.2 Å². The van der Waals surface area contributed by atoms with Crippen molar-refractivity contribution in [2.45, 2.75) is 33.0 Å². The molecule has 0 bridgehead atoms. The Labute approximate surface area is 102 Å². The Bertz CT molecular complexity index is 416. The molecule has 0 heterocycles. The number of benzene rings is 1. The van der Waals surface area contributed by atoms with Gasteiger partial charge < -0.3 is 9.47 Å². The zero-order chi connectivity index (χ0) is 12.7. The van der Waals surface area contributed by atoms with Gasteiger partial charge in [0.25, 0.3) is 0 Å². The van der Waals surface area contributed by atoms with Crippen LogP contribution in [0.15, 0.2) is 42.2 Å². The van der Waals surface area contributed by atoms with Gasteiger partial charge in [-0.05, 0) is 24.6 Å². The van der Waals surface area contributed by atoms with Crippen molar-refractivity contribution >= 4 is 0 Å². The normalized spacial score (nSPS) is 11.8. The smallest absolute Gasteiger partial charge is 0.246 e. The van der Waals surface area contributed by atoms with Crippen molar-refractivity contribution in [2.75, 3.05) is 0 Å². The SMILES string of the molecule is CC/C=C(\C#N)OC(C)(C)Oc1ccccc1. The van der Waals surface area contributed by atoms with E-state index in [0.717, 1.165) is 6.42 Å². The van der Waals surface area contributed by atoms with Crippen molar-refractivity contribution in [3.63, 3.8) is 0 Å². The second kappa shape index (κ2) is 5.95. The predicted octanol–water partition coefficient (Wildman–Crippen LogP) is 3.64. The van der Waals surface area contributed by atoms with E-state index in [1.807, 2.05) is 43.3 Å². The lowest BCUT2D eigenvalue weighted by Crippen LogP contribution is -2.31. The molecule has 0 saturated carbocycles. The lowest BCUT2D eigenvalue weighted by Gasteiger charge is -2.26. The Morgan fingerprint density at radius 2 is 2.00 bits per heavy atom. The minimum absolute atomic E-state index is 0.286. The zero-order valence-electron chi connectivity index (χ0n) is 10.4. The average Bonchev–Trinajstić information content (AvgIpc) is 2.29. The van der Waals surface area contributed by atoms with Crippen molar-refractivity contribution < 1.29 is 9.47 Å². The van der Waals surface area contributed by atoms with E-state index >= 15 is 0 Å². The van der Waals surface area contributed by atoms with Crippen LogP contribution in [0.1, 0.15) is 27.2 Å². The molecule has 0 aliphatic carbocycles. The van der Waals surface area contributed by atoms with Gasteiger partial charge in [0.1, 0.15) is 11.8 Å². The number of allylic oxidation sites excluding steroid dienone is 2. The van der Waals surface area contributed by atoms with Gasteiger partial charge in [0, 0.05) is 13.8 Å². The van der Waals surface area contributed by atoms with E-state index in [2.05, 4.69) is 0 Å². The monoisotopic (exact) mass is 231 g/mol. The van der Waals surface area contributed by atoms with Crippen LogP contribution >= 0.6 is 0 Å². The van der Waals surface area contributed by atoms with Crippen LogP contribution < -0.4 is 4.74 Å². The van der Waals surface area contributed by atoms with Gasteiger partial charge in [0.15, 0.2) is 5.76 Å². The summed E-state index contributed by atoms with van der Waals surface area (Å²) >= 11 is 0. The van der Waals surface area contributed by atoms with Crippen LogP contribution in [0.3, 0.4) is 0 Å². The number of para-hydroxylation sites is 1. The number of rotatable bonds is 5. The molecule has 0 amide bonds. The van der Waals surface area contributed by atoms with Gasteiger partial charge in [-0.2, -0.15) is 5.26 Å². The molecule has 0 fully saturated rings. The van der Waals surface area contributed by atoms with Crippen molar-refractivity contribution in [1.29, 1.82) is 5.26 Å². The standard InChI is InChI=1S/C14H17NO2/c1-4-8-13(11-15)17-14(2,3)16-12-9-6-5-7-10-12/h5-10H,4H2,1-3H3/b13-8+. The first kappa shape index (κ1) is 13.1. The summed E-state index contributed by atoms with van der Waals surface area (Å²) in [5, 5.41) is 8.89. The third-order valence-corrected chi connectivity index (χ3v) is 1.96. The van der Waals surface area contributed by atoms with E-state index in [1.54, 1.807) is 19.9 Å². The summed E-state index contributed by atoms with van der Waals surface area (Å²) in [6.45, 7) is 5.51. The molecule has 3 heteroatoms. The third-order valence-electron chi connectivity index (χ3n) is 1.96. The van der Waals surface area contributed by atoms with Crippen molar-refractivity contribution in [1.82, 2.24) is 0 Å². The van der Waals surface area contributed by atoms with E-state index < -0.39 is 5.79 Å². The van der Waals surface area contributed by atoms with Gasteiger partial charge in [-0.25, -0.2) is 0 Å². The van der Waals surface area contributed by atoms with Crippen molar-refractivity contribution in [3.8, 4) is 11.8 Å². The van der Waals surface area contributed by atoms with E-state index in [1.165, 1.54) is 0 Å². The van der Waals surface area contributed by atoms with Gasteiger partial charge in [-0.1, -0.05) is 25.1 Å². The average molecular weight is 231 g/mol. The van der Waals surface area contributed by atoms with Gasteiger partial charge in [0.05, 0.1) is 0 Å². The fourth-order valence-corrected chi connectivity index (χ4v) is 1.35. The van der Waals surface area contributed by atoms with Crippen LogP contribution in [0, 0.1) is 11.3 Å². The molecule has 0 saturated heterocycles. The van der Waals surface area contributed by atoms with Gasteiger partial charge >= 0.3 is 0 Å². The van der Waals surface area contributed by atoms with Gasteiger partial charge in [0.2, 0.25) is 5.79 Å². The number of ether oxygens (including phenoxy) is 2. The van der Waals surface area contributed by atoms with E-state index in [-0.39, 0.29) is 5.76 Å². The molecule has 1 rings (SSSR count). The Morgan fingerprint density at radius 1 is 1.35 bits per heavy atom. The molecule has 3 nitrogen and oxygen atoms in total. The van der Waals surface area contributed by atoms with Crippen LogP contribution in [0.5, 0.6) is 5.75 Å². The molecule has 0 atom stereocenters. The fourth-order valence-electron chi connectivity index (χ4n) is 1.35. The number of nitriles is 1. The molecule has 0 aliphatic rings. The maximum atomic E-state index is 8.89. The number of hydrogen-bond donors (Lipinski definition) is 0. The minimum Gasteiger partial charge on any atom is -0.453 e. The molecule has 0 aliphatic heterocycles. The first-order valence-corrected chi connectivity index (χ1v) is 5.60. The Hall–Kier alpha value is -1.95. The molecule has 17 heavy (non-hydrogen) atoms. The summed E-state index contributed by atoms with van der Waals surface area (Å²) in [7, 11) is 0. The third kappa shape index (κ3) is 4.60. The fraction of sp³-hybridized carbons (Fsp3) is 0.357. The summed E-state index contributed by atoms with van der Waals surface area (Å²) < 4.78 is 11.2. The summed E-state index contributed by atoms with van der Waals surface area (Å²) in [6, 6.07) is 11.4. The zero-order valence-corrected chi connectivity index (χ0v) is 10.4. The maximum Gasteiger partial charge on any atom is 0.246 e. The summed E-state index contributed by atoms with van der Waals surface area (Å²) in [5.41, 5.74) is 0. The highest BCUT2D eigenvalue weighted by Crippen LogP contribution is 2.21. The topological polar surface area (TPSA) is 42.2 Å². The Morgan fingerprint density at radius 3 is 2.53 bits per heavy atom. The Kier molecular flexibility index (Phi) is 4.59. The first-order valence-electron chi connectivity index (χ1n) is 5.60. The van der Waals surface area contributed by atoms with E-state index in [0.29, 0.717) is 5.75 Å². The van der Waals surface area contributed by atoms with Crippen LogP contribution in [-0.4, -0.2) is 5.79 Å². The second-order valence-corrected chi connectivity index (χ2v) is 4.01. The summed E-state index contributed by atoms with van der Waals surface area (Å²) in [5.74, 6) is 0.137. The molecule has 0 unspecified atom stereocenters. The minimum atomic E-state index is -0.863. The molecule has 1 aromatic carbocycles. The van der Waals surface area contributed by atoms with Crippen LogP contribution in [0.2, 0.25) is 0 Å². The van der Waals surface area contributed by atoms with Gasteiger partial charge in [-0.3, -0.25) is 0 Å². The number of hydrogen-bond acceptors (Lipinski definition) is 3. The predicted molar refractivity (Wildman–Crippen MR) is 66.2 cm³/mol. The lowest BCUT2D eigenvalue weighted by molar-refractivity contribution is -0.121. The molecule has 90 valence electrons. The quantitative estimate of drug-likeness (QED) is 0.441. The molecular formula is C14H17NO2. The highest BCUT2D eigenvalue weighted by Gasteiger charge is 2.22. The highest BCUT2D eigenvalue weighted by atomic mass is 16.7. The summed E-state index contributed by atoms with van der Waals surface area (Å²) in [6.07, 6.45) is 2.49. The first-order chi connectivity index (χ1) is 8.07. The molecule has 1 aromatic rings. The van der Waals surface area contributed by atoms with Crippen LogP contribution in [0.25, 0.3) is 0 Å². The molecule has 0 N–H and O–H groups in total.